The number of ether oxygens (including phenoxy) is 1. The molecule has 18 heavy (non-hydrogen) atoms. The first-order chi connectivity index (χ1) is 8.63. The standard InChI is InChI=1S/C14H16BrNO2/c1-4-8-16(9-5-2)14(17)12-10-11(18-3)6-7-13(12)15/h1,6-7,10H,5,8-9H2,2-3H3. The molecule has 1 aromatic carbocycles. The predicted molar refractivity (Wildman–Crippen MR) is 75.7 cm³/mol. The van der Waals surface area contributed by atoms with Crippen molar-refractivity contribution < 1.29 is 9.53 Å². The fourth-order valence-electron chi connectivity index (χ4n) is 1.60. The van der Waals surface area contributed by atoms with Crippen molar-refractivity contribution in [1.29, 1.82) is 0 Å². The molecule has 0 atom stereocenters. The van der Waals surface area contributed by atoms with Crippen LogP contribution in [0.15, 0.2) is 22.7 Å². The molecule has 0 fully saturated rings. The smallest absolute Gasteiger partial charge is 0.255 e. The number of methoxy groups -OCH3 is 1. The van der Waals surface area contributed by atoms with Gasteiger partial charge in [-0.1, -0.05) is 12.8 Å². The van der Waals surface area contributed by atoms with Gasteiger partial charge in [0.05, 0.1) is 19.2 Å². The van der Waals surface area contributed by atoms with Gasteiger partial charge in [0.15, 0.2) is 0 Å². The summed E-state index contributed by atoms with van der Waals surface area (Å²) in [5, 5.41) is 0. The SMILES string of the molecule is C#CCN(CCC)C(=O)c1cc(OC)ccc1Br. The first-order valence-corrected chi connectivity index (χ1v) is 6.49. The topological polar surface area (TPSA) is 29.5 Å². The van der Waals surface area contributed by atoms with E-state index < -0.39 is 0 Å². The van der Waals surface area contributed by atoms with Crippen LogP contribution in [0.3, 0.4) is 0 Å². The van der Waals surface area contributed by atoms with Crippen molar-refractivity contribution in [1.82, 2.24) is 4.90 Å². The van der Waals surface area contributed by atoms with Gasteiger partial charge in [0.25, 0.3) is 5.91 Å². The second kappa shape index (κ2) is 7.07. The van der Waals surface area contributed by atoms with Gasteiger partial charge in [-0.25, -0.2) is 0 Å². The number of carbonyl (C=O) groups is 1. The number of terminal acetylenes is 1. The van der Waals surface area contributed by atoms with Crippen molar-refractivity contribution in [2.24, 2.45) is 0 Å². The van der Waals surface area contributed by atoms with Crippen molar-refractivity contribution in [3.63, 3.8) is 0 Å². The Morgan fingerprint density at radius 2 is 2.28 bits per heavy atom. The molecular weight excluding hydrogens is 294 g/mol. The minimum absolute atomic E-state index is 0.0828. The Morgan fingerprint density at radius 1 is 1.56 bits per heavy atom. The summed E-state index contributed by atoms with van der Waals surface area (Å²) in [6.45, 7) is 2.97. The van der Waals surface area contributed by atoms with E-state index in [-0.39, 0.29) is 5.91 Å². The lowest BCUT2D eigenvalue weighted by atomic mass is 10.2. The first-order valence-electron chi connectivity index (χ1n) is 5.70. The summed E-state index contributed by atoms with van der Waals surface area (Å²) in [4.78, 5) is 14.0. The molecule has 0 saturated carbocycles. The zero-order valence-electron chi connectivity index (χ0n) is 10.6. The molecule has 0 aromatic heterocycles. The molecule has 0 bridgehead atoms. The number of hydrogen-bond donors (Lipinski definition) is 0. The maximum atomic E-state index is 12.4. The molecule has 1 amide bonds. The van der Waals surface area contributed by atoms with Crippen molar-refractivity contribution in [2.75, 3.05) is 20.2 Å². The second-order valence-electron chi connectivity index (χ2n) is 3.78. The van der Waals surface area contributed by atoms with Crippen LogP contribution in [0.1, 0.15) is 23.7 Å². The number of halogens is 1. The maximum absolute atomic E-state index is 12.4. The molecule has 1 rings (SSSR count). The highest BCUT2D eigenvalue weighted by atomic mass is 79.9. The molecule has 1 aromatic rings. The lowest BCUT2D eigenvalue weighted by Crippen LogP contribution is -2.32. The molecule has 0 unspecified atom stereocenters. The third kappa shape index (κ3) is 3.51. The molecule has 0 N–H and O–H groups in total. The maximum Gasteiger partial charge on any atom is 0.255 e. The molecule has 0 heterocycles. The van der Waals surface area contributed by atoms with Crippen LogP contribution in [0.25, 0.3) is 0 Å². The summed E-state index contributed by atoms with van der Waals surface area (Å²) in [5.74, 6) is 3.08. The van der Waals surface area contributed by atoms with Gasteiger partial charge in [0.1, 0.15) is 5.75 Å². The fraction of sp³-hybridized carbons (Fsp3) is 0.357. The van der Waals surface area contributed by atoms with E-state index in [9.17, 15) is 4.79 Å². The number of benzene rings is 1. The zero-order chi connectivity index (χ0) is 13.5. The van der Waals surface area contributed by atoms with Gasteiger partial charge in [-0.3, -0.25) is 4.79 Å². The lowest BCUT2D eigenvalue weighted by Gasteiger charge is -2.20. The Bertz CT molecular complexity index is 465. The highest BCUT2D eigenvalue weighted by molar-refractivity contribution is 9.10. The predicted octanol–water partition coefficient (Wildman–Crippen LogP) is 2.94. The fourth-order valence-corrected chi connectivity index (χ4v) is 2.01. The van der Waals surface area contributed by atoms with E-state index in [0.717, 1.165) is 10.9 Å². The molecule has 0 spiro atoms. The van der Waals surface area contributed by atoms with Gasteiger partial charge < -0.3 is 9.64 Å². The van der Waals surface area contributed by atoms with Crippen LogP contribution in [0.4, 0.5) is 0 Å². The largest absolute Gasteiger partial charge is 0.497 e. The molecule has 3 nitrogen and oxygen atoms in total. The second-order valence-corrected chi connectivity index (χ2v) is 4.63. The Balaban J connectivity index is 3.03. The van der Waals surface area contributed by atoms with Gasteiger partial charge >= 0.3 is 0 Å². The van der Waals surface area contributed by atoms with Crippen molar-refractivity contribution >= 4 is 21.8 Å². The average molecular weight is 310 g/mol. The Labute approximate surface area is 116 Å². The normalized spacial score (nSPS) is 9.67. The third-order valence-corrected chi connectivity index (χ3v) is 3.16. The number of carbonyl (C=O) groups excluding carboxylic acids is 1. The van der Waals surface area contributed by atoms with Crippen LogP contribution >= 0.6 is 15.9 Å². The molecule has 0 aliphatic carbocycles. The number of nitrogens with zero attached hydrogens (tertiary/aromatic N) is 1. The van der Waals surface area contributed by atoms with Gasteiger partial charge in [-0.05, 0) is 40.5 Å². The van der Waals surface area contributed by atoms with Crippen molar-refractivity contribution in [2.45, 2.75) is 13.3 Å². The summed E-state index contributed by atoms with van der Waals surface area (Å²) in [5.41, 5.74) is 0.568. The van der Waals surface area contributed by atoms with E-state index in [1.165, 1.54) is 0 Å². The van der Waals surface area contributed by atoms with Crippen LogP contribution in [-0.2, 0) is 0 Å². The number of amides is 1. The number of rotatable bonds is 5. The van der Waals surface area contributed by atoms with Gasteiger partial charge in [-0.2, -0.15) is 0 Å². The van der Waals surface area contributed by atoms with E-state index in [0.29, 0.717) is 24.4 Å². The van der Waals surface area contributed by atoms with Crippen LogP contribution in [0, 0.1) is 12.3 Å². The Kier molecular flexibility index (Phi) is 5.73. The monoisotopic (exact) mass is 309 g/mol. The summed E-state index contributed by atoms with van der Waals surface area (Å²) in [6, 6.07) is 5.31. The number of hydrogen-bond acceptors (Lipinski definition) is 2. The van der Waals surface area contributed by atoms with E-state index >= 15 is 0 Å². The quantitative estimate of drug-likeness (QED) is 0.783. The van der Waals surface area contributed by atoms with Crippen LogP contribution < -0.4 is 4.74 Å². The summed E-state index contributed by atoms with van der Waals surface area (Å²) in [7, 11) is 1.57. The minimum Gasteiger partial charge on any atom is -0.497 e. The van der Waals surface area contributed by atoms with Gasteiger partial charge in [0.2, 0.25) is 0 Å². The summed E-state index contributed by atoms with van der Waals surface area (Å²) < 4.78 is 5.87. The van der Waals surface area contributed by atoms with E-state index in [1.54, 1.807) is 30.2 Å². The van der Waals surface area contributed by atoms with Crippen LogP contribution in [-0.4, -0.2) is 31.0 Å². The molecule has 4 heteroatoms. The first kappa shape index (κ1) is 14.6. The lowest BCUT2D eigenvalue weighted by molar-refractivity contribution is 0.0775. The summed E-state index contributed by atoms with van der Waals surface area (Å²) in [6.07, 6.45) is 6.16. The van der Waals surface area contributed by atoms with Crippen LogP contribution in [0.5, 0.6) is 5.75 Å². The molecular formula is C14H16BrNO2. The third-order valence-electron chi connectivity index (χ3n) is 2.47. The molecule has 0 radical (unpaired) electrons. The molecule has 0 aliphatic heterocycles. The summed E-state index contributed by atoms with van der Waals surface area (Å²) >= 11 is 3.38. The van der Waals surface area contributed by atoms with E-state index in [4.69, 9.17) is 11.2 Å². The average Bonchev–Trinajstić information content (AvgIpc) is 2.38. The van der Waals surface area contributed by atoms with E-state index in [2.05, 4.69) is 21.9 Å². The highest BCUT2D eigenvalue weighted by Gasteiger charge is 2.17. The molecule has 0 aliphatic rings. The highest BCUT2D eigenvalue weighted by Crippen LogP contribution is 2.23. The van der Waals surface area contributed by atoms with Crippen molar-refractivity contribution in [3.8, 4) is 18.1 Å². The zero-order valence-corrected chi connectivity index (χ0v) is 12.2. The van der Waals surface area contributed by atoms with Gasteiger partial charge in [-0.15, -0.1) is 6.42 Å². The Morgan fingerprint density at radius 3 is 2.83 bits per heavy atom. The van der Waals surface area contributed by atoms with Crippen LogP contribution in [0.2, 0.25) is 0 Å². The Hall–Kier alpha value is -1.47. The van der Waals surface area contributed by atoms with E-state index in [1.807, 2.05) is 6.92 Å². The molecule has 0 saturated heterocycles. The van der Waals surface area contributed by atoms with Gasteiger partial charge in [0, 0.05) is 11.0 Å². The molecule has 96 valence electrons. The van der Waals surface area contributed by atoms with Crippen molar-refractivity contribution in [3.05, 3.63) is 28.2 Å². The minimum atomic E-state index is -0.0828.